The fourth-order valence-corrected chi connectivity index (χ4v) is 5.51. The number of hydrogen-bond donors (Lipinski definition) is 2. The average Bonchev–Trinajstić information content (AvgIpc) is 3.47. The molecular weight excluding hydrogens is 643 g/mol. The Bertz CT molecular complexity index is 1890. The first-order valence-corrected chi connectivity index (χ1v) is 15.2. The molecule has 14 heteroatoms. The van der Waals surface area contributed by atoms with Crippen molar-refractivity contribution in [1.82, 2.24) is 5.32 Å². The molecule has 1 amide bonds. The Morgan fingerprint density at radius 1 is 0.957 bits per heavy atom. The number of hydrogen-bond acceptors (Lipinski definition) is 7. The van der Waals surface area contributed by atoms with Gasteiger partial charge in [-0.3, -0.25) is 4.79 Å². The largest absolute Gasteiger partial charge is 0.494 e. The van der Waals surface area contributed by atoms with Crippen molar-refractivity contribution in [3.05, 3.63) is 144 Å². The molecule has 238 valence electrons. The molecule has 0 bridgehead atoms. The highest BCUT2D eigenvalue weighted by atomic mass is 35.5. The normalized spacial score (nSPS) is 16.7. The summed E-state index contributed by atoms with van der Waals surface area (Å²) in [6.45, 7) is 0.447. The minimum absolute atomic E-state index is 0.0133. The van der Waals surface area contributed by atoms with Crippen LogP contribution in [0.2, 0.25) is 10.0 Å². The second-order valence-corrected chi connectivity index (χ2v) is 11.3. The lowest BCUT2D eigenvalue weighted by molar-refractivity contribution is -0.129. The first kappa shape index (κ1) is 33.2. The van der Waals surface area contributed by atoms with Crippen LogP contribution >= 0.6 is 23.2 Å². The third-order valence-electron chi connectivity index (χ3n) is 7.44. The lowest BCUT2D eigenvalue weighted by Crippen LogP contribution is -2.49. The van der Waals surface area contributed by atoms with E-state index >= 15 is 0 Å². The van der Waals surface area contributed by atoms with Gasteiger partial charge in [-0.15, -0.1) is 0 Å². The third kappa shape index (κ3) is 7.61. The van der Waals surface area contributed by atoms with Gasteiger partial charge in [0.05, 0.1) is 16.7 Å². The molecular formula is C33H28Cl2N8O4. The summed E-state index contributed by atoms with van der Waals surface area (Å²) in [4.78, 5) is 25.5. The summed E-state index contributed by atoms with van der Waals surface area (Å²) in [6.07, 6.45) is -0.634. The highest BCUT2D eigenvalue weighted by Gasteiger charge is 2.54. The summed E-state index contributed by atoms with van der Waals surface area (Å²) in [7, 11) is 0. The number of aliphatic hydroxyl groups excluding tert-OH is 1. The highest BCUT2D eigenvalue weighted by molar-refractivity contribution is 6.42. The topological polar surface area (TPSA) is 178 Å². The molecule has 12 nitrogen and oxygen atoms in total. The molecule has 0 aliphatic carbocycles. The van der Waals surface area contributed by atoms with Gasteiger partial charge in [-0.25, -0.2) is 4.99 Å². The zero-order valence-electron chi connectivity index (χ0n) is 24.8. The number of nitrogens with one attached hydrogen (secondary N) is 1. The van der Waals surface area contributed by atoms with E-state index in [4.69, 9.17) is 42.8 Å². The van der Waals surface area contributed by atoms with E-state index in [1.165, 1.54) is 0 Å². The van der Waals surface area contributed by atoms with E-state index in [0.717, 1.165) is 0 Å². The summed E-state index contributed by atoms with van der Waals surface area (Å²) < 4.78 is 12.2. The van der Waals surface area contributed by atoms with Gasteiger partial charge in [0.1, 0.15) is 5.75 Å². The van der Waals surface area contributed by atoms with Crippen molar-refractivity contribution >= 4 is 46.4 Å². The second kappa shape index (κ2) is 15.4. The van der Waals surface area contributed by atoms with Gasteiger partial charge < -0.3 is 19.9 Å². The zero-order valence-corrected chi connectivity index (χ0v) is 26.3. The van der Waals surface area contributed by atoms with Gasteiger partial charge in [0.15, 0.2) is 11.6 Å². The summed E-state index contributed by atoms with van der Waals surface area (Å²) in [5, 5.41) is 20.5. The van der Waals surface area contributed by atoms with Crippen molar-refractivity contribution in [3.8, 4) is 5.75 Å². The van der Waals surface area contributed by atoms with E-state index < -0.39 is 17.6 Å². The zero-order chi connectivity index (χ0) is 33.2. The Kier molecular flexibility index (Phi) is 10.8. The standard InChI is InChI=1S/C33H28Cl2N8O4/c34-26-15-10-21(18-27(26)35)20-38-32(45)33(19-23-6-1-3-8-28(23)40-42-36)30(25-7-2-4-9-29(25)41-43-37)47-31(39-33)22-11-13-24(14-12-22)46-17-5-16-44/h1-4,6-15,18,30,44H,5,16-17,19-20H2,(H,38,45)/t30-,33-/m1/s1. The van der Waals surface area contributed by atoms with Gasteiger partial charge in [0.2, 0.25) is 5.90 Å². The summed E-state index contributed by atoms with van der Waals surface area (Å²) >= 11 is 12.3. The van der Waals surface area contributed by atoms with E-state index in [9.17, 15) is 15.9 Å². The van der Waals surface area contributed by atoms with Gasteiger partial charge in [0.25, 0.3) is 5.91 Å². The van der Waals surface area contributed by atoms with E-state index in [0.29, 0.717) is 56.8 Å². The number of aliphatic hydroxyl groups is 1. The van der Waals surface area contributed by atoms with Gasteiger partial charge in [0, 0.05) is 58.3 Å². The number of benzene rings is 4. The first-order chi connectivity index (χ1) is 22.9. The number of ether oxygens (including phenoxy) is 2. The number of rotatable bonds is 13. The minimum Gasteiger partial charge on any atom is -0.494 e. The molecule has 0 spiro atoms. The van der Waals surface area contributed by atoms with Crippen LogP contribution in [-0.4, -0.2) is 35.7 Å². The minimum atomic E-state index is -1.68. The summed E-state index contributed by atoms with van der Waals surface area (Å²) in [5.74, 6) is 0.248. The Morgan fingerprint density at radius 2 is 1.66 bits per heavy atom. The molecule has 0 radical (unpaired) electrons. The predicted octanol–water partition coefficient (Wildman–Crippen LogP) is 8.45. The van der Waals surface area contributed by atoms with Gasteiger partial charge in [-0.2, -0.15) is 0 Å². The van der Waals surface area contributed by atoms with Crippen LogP contribution in [-0.2, 0) is 22.5 Å². The molecule has 4 aromatic rings. The van der Waals surface area contributed by atoms with Gasteiger partial charge >= 0.3 is 0 Å². The molecule has 1 heterocycles. The van der Waals surface area contributed by atoms with Crippen LogP contribution in [0.3, 0.4) is 0 Å². The first-order valence-electron chi connectivity index (χ1n) is 14.5. The predicted molar refractivity (Wildman–Crippen MR) is 179 cm³/mol. The van der Waals surface area contributed by atoms with Crippen molar-refractivity contribution in [2.24, 2.45) is 15.2 Å². The maximum atomic E-state index is 14.6. The van der Waals surface area contributed by atoms with Crippen LogP contribution < -0.4 is 10.1 Å². The number of amides is 1. The number of azide groups is 2. The van der Waals surface area contributed by atoms with Crippen LogP contribution in [0.1, 0.15) is 34.8 Å². The SMILES string of the molecule is [N-]=[N+]=Nc1ccccc1C[C@@]1(C(=O)NCc2ccc(Cl)c(Cl)c2)N=C(c2ccc(OCCCO)cc2)O[C@@H]1c1ccccc1N=[N+]=[N-]. The van der Waals surface area contributed by atoms with Crippen LogP contribution in [0, 0.1) is 0 Å². The Hall–Kier alpha value is -5.22. The molecule has 0 unspecified atom stereocenters. The third-order valence-corrected chi connectivity index (χ3v) is 8.18. The maximum Gasteiger partial charge on any atom is 0.252 e. The molecule has 0 aromatic heterocycles. The summed E-state index contributed by atoms with van der Waals surface area (Å²) in [5.41, 5.74) is 19.8. The summed E-state index contributed by atoms with van der Waals surface area (Å²) in [6, 6.07) is 25.7. The lowest BCUT2D eigenvalue weighted by Gasteiger charge is -2.32. The van der Waals surface area contributed by atoms with Crippen molar-refractivity contribution in [2.45, 2.75) is 31.0 Å². The number of carbonyl (C=O) groups is 1. The molecule has 0 saturated heterocycles. The van der Waals surface area contributed by atoms with Crippen LogP contribution in [0.5, 0.6) is 5.75 Å². The number of halogens is 2. The second-order valence-electron chi connectivity index (χ2n) is 10.5. The van der Waals surface area contributed by atoms with E-state index in [2.05, 4.69) is 25.4 Å². The van der Waals surface area contributed by atoms with Crippen molar-refractivity contribution in [3.63, 3.8) is 0 Å². The van der Waals surface area contributed by atoms with E-state index in [1.807, 2.05) is 0 Å². The quantitative estimate of drug-likeness (QED) is 0.0627. The van der Waals surface area contributed by atoms with Crippen molar-refractivity contribution in [2.75, 3.05) is 13.2 Å². The Balaban J connectivity index is 1.64. The fraction of sp³-hybridized carbons (Fsp3) is 0.212. The number of nitrogens with zero attached hydrogens (tertiary/aromatic N) is 7. The smallest absolute Gasteiger partial charge is 0.252 e. The monoisotopic (exact) mass is 670 g/mol. The molecule has 0 fully saturated rings. The van der Waals surface area contributed by atoms with E-state index in [-0.39, 0.29) is 31.2 Å². The molecule has 47 heavy (non-hydrogen) atoms. The molecule has 4 aromatic carbocycles. The van der Waals surface area contributed by atoms with Crippen molar-refractivity contribution < 1.29 is 19.4 Å². The highest BCUT2D eigenvalue weighted by Crippen LogP contribution is 2.46. The average molecular weight is 672 g/mol. The molecule has 2 N–H and O–H groups in total. The van der Waals surface area contributed by atoms with Crippen LogP contribution in [0.4, 0.5) is 11.4 Å². The molecule has 1 aliphatic heterocycles. The molecule has 2 atom stereocenters. The van der Waals surface area contributed by atoms with Gasteiger partial charge in [-0.1, -0.05) is 88.0 Å². The lowest BCUT2D eigenvalue weighted by atomic mass is 9.81. The number of carbonyl (C=O) groups excluding carboxylic acids is 1. The van der Waals surface area contributed by atoms with Gasteiger partial charge in [-0.05, 0) is 58.6 Å². The maximum absolute atomic E-state index is 14.6. The number of aliphatic imine (C=N–C) groups is 1. The molecule has 1 aliphatic rings. The Labute approximate surface area is 279 Å². The fourth-order valence-electron chi connectivity index (χ4n) is 5.19. The molecule has 0 saturated carbocycles. The van der Waals surface area contributed by atoms with Crippen molar-refractivity contribution in [1.29, 1.82) is 0 Å². The Morgan fingerprint density at radius 3 is 2.38 bits per heavy atom. The van der Waals surface area contributed by atoms with Crippen LogP contribution in [0.15, 0.2) is 106 Å². The van der Waals surface area contributed by atoms with E-state index in [1.54, 1.807) is 91.0 Å². The molecule has 5 rings (SSSR count). The van der Waals surface area contributed by atoms with Crippen LogP contribution in [0.25, 0.3) is 20.9 Å².